The normalized spacial score (nSPS) is 12.4. The molecule has 5 nitrogen and oxygen atoms in total. The van der Waals surface area contributed by atoms with E-state index in [9.17, 15) is 4.79 Å². The number of carbonyl (C=O) groups is 1. The summed E-state index contributed by atoms with van der Waals surface area (Å²) >= 11 is 0. The minimum Gasteiger partial charge on any atom is -0.397 e. The molecule has 0 aliphatic carbocycles. The van der Waals surface area contributed by atoms with Crippen molar-refractivity contribution in [3.05, 3.63) is 18.0 Å². The maximum Gasteiger partial charge on any atom is 0.268 e. The number of nitrogens with zero attached hydrogens (tertiary/aromatic N) is 1. The molecule has 5 heteroatoms. The summed E-state index contributed by atoms with van der Waals surface area (Å²) < 4.78 is 1.88. The van der Waals surface area contributed by atoms with Crippen molar-refractivity contribution < 1.29 is 9.90 Å². The molecule has 18 heavy (non-hydrogen) atoms. The van der Waals surface area contributed by atoms with E-state index in [1.807, 2.05) is 11.5 Å². The number of amides is 1. The van der Waals surface area contributed by atoms with Crippen LogP contribution in [0.3, 0.4) is 0 Å². The first-order valence-corrected chi connectivity index (χ1v) is 6.45. The molecule has 1 atom stereocenters. The lowest BCUT2D eigenvalue weighted by Crippen LogP contribution is -2.34. The number of aliphatic hydroxyl groups excluding tert-OH is 1. The van der Waals surface area contributed by atoms with Gasteiger partial charge in [-0.25, -0.2) is 0 Å². The number of aromatic nitrogens is 1. The summed E-state index contributed by atoms with van der Waals surface area (Å²) in [6.45, 7) is 4.93. The summed E-state index contributed by atoms with van der Waals surface area (Å²) in [4.78, 5) is 12.1. The van der Waals surface area contributed by atoms with Crippen LogP contribution in [0.5, 0.6) is 0 Å². The van der Waals surface area contributed by atoms with Crippen molar-refractivity contribution in [2.45, 2.75) is 45.7 Å². The third-order valence-electron chi connectivity index (χ3n) is 2.79. The van der Waals surface area contributed by atoms with Crippen LogP contribution in [0.15, 0.2) is 12.3 Å². The molecule has 1 aromatic heterocycles. The molecule has 1 amide bonds. The highest BCUT2D eigenvalue weighted by molar-refractivity contribution is 5.94. The van der Waals surface area contributed by atoms with E-state index in [1.165, 1.54) is 0 Å². The SMILES string of the molecule is CCCn1cc(N)cc1C(=O)NC(C)CCCO. The van der Waals surface area contributed by atoms with Crippen LogP contribution in [0, 0.1) is 0 Å². The van der Waals surface area contributed by atoms with Crippen LogP contribution in [0.2, 0.25) is 0 Å². The highest BCUT2D eigenvalue weighted by Crippen LogP contribution is 2.12. The molecule has 0 aliphatic rings. The fraction of sp³-hybridized carbons (Fsp3) is 0.615. The Kier molecular flexibility index (Phi) is 5.71. The van der Waals surface area contributed by atoms with Crippen LogP contribution in [-0.2, 0) is 6.54 Å². The van der Waals surface area contributed by atoms with Gasteiger partial charge in [-0.15, -0.1) is 0 Å². The van der Waals surface area contributed by atoms with Gasteiger partial charge < -0.3 is 20.7 Å². The number of anilines is 1. The molecule has 1 aromatic rings. The molecule has 1 rings (SSSR count). The molecule has 0 aromatic carbocycles. The van der Waals surface area contributed by atoms with Crippen molar-refractivity contribution in [3.63, 3.8) is 0 Å². The van der Waals surface area contributed by atoms with Crippen LogP contribution < -0.4 is 11.1 Å². The second-order valence-electron chi connectivity index (χ2n) is 4.59. The highest BCUT2D eigenvalue weighted by atomic mass is 16.3. The van der Waals surface area contributed by atoms with Crippen molar-refractivity contribution in [3.8, 4) is 0 Å². The van der Waals surface area contributed by atoms with E-state index in [0.29, 0.717) is 17.8 Å². The molecular weight excluding hydrogens is 230 g/mol. The minimum atomic E-state index is -0.106. The fourth-order valence-corrected chi connectivity index (χ4v) is 1.92. The van der Waals surface area contributed by atoms with E-state index < -0.39 is 0 Å². The molecule has 0 spiro atoms. The molecule has 0 bridgehead atoms. The standard InChI is InChI=1S/C13H23N3O2/c1-3-6-16-9-11(14)8-12(16)13(18)15-10(2)5-4-7-17/h8-10,17H,3-7,14H2,1-2H3,(H,15,18). The van der Waals surface area contributed by atoms with Crippen LogP contribution in [0.25, 0.3) is 0 Å². The summed E-state index contributed by atoms with van der Waals surface area (Å²) in [5.74, 6) is -0.106. The number of rotatable bonds is 7. The smallest absolute Gasteiger partial charge is 0.268 e. The number of aliphatic hydroxyl groups is 1. The van der Waals surface area contributed by atoms with Gasteiger partial charge in [-0.3, -0.25) is 4.79 Å². The molecule has 0 radical (unpaired) electrons. The molecule has 0 fully saturated rings. The zero-order valence-electron chi connectivity index (χ0n) is 11.1. The third kappa shape index (κ3) is 4.07. The topological polar surface area (TPSA) is 80.3 Å². The van der Waals surface area contributed by atoms with E-state index in [2.05, 4.69) is 12.2 Å². The maximum atomic E-state index is 12.1. The Morgan fingerprint density at radius 2 is 2.33 bits per heavy atom. The molecule has 0 aliphatic heterocycles. The Bertz CT molecular complexity index is 388. The molecule has 102 valence electrons. The largest absolute Gasteiger partial charge is 0.397 e. The Morgan fingerprint density at radius 1 is 1.61 bits per heavy atom. The molecule has 0 saturated carbocycles. The van der Waals surface area contributed by atoms with E-state index in [1.54, 1.807) is 12.3 Å². The number of nitrogen functional groups attached to an aromatic ring is 1. The zero-order valence-corrected chi connectivity index (χ0v) is 11.1. The number of nitrogens with two attached hydrogens (primary N) is 1. The van der Waals surface area contributed by atoms with E-state index >= 15 is 0 Å². The van der Waals surface area contributed by atoms with Gasteiger partial charge in [-0.05, 0) is 32.3 Å². The van der Waals surface area contributed by atoms with Gasteiger partial charge in [0.15, 0.2) is 0 Å². The van der Waals surface area contributed by atoms with Crippen molar-refractivity contribution >= 4 is 11.6 Å². The van der Waals surface area contributed by atoms with Gasteiger partial charge in [0.2, 0.25) is 0 Å². The lowest BCUT2D eigenvalue weighted by atomic mass is 10.2. The first kappa shape index (κ1) is 14.6. The first-order valence-electron chi connectivity index (χ1n) is 6.45. The first-order chi connectivity index (χ1) is 8.58. The predicted molar refractivity (Wildman–Crippen MR) is 72.4 cm³/mol. The van der Waals surface area contributed by atoms with Gasteiger partial charge in [-0.1, -0.05) is 6.92 Å². The number of carbonyl (C=O) groups excluding carboxylic acids is 1. The van der Waals surface area contributed by atoms with Gasteiger partial charge in [0.1, 0.15) is 5.69 Å². The van der Waals surface area contributed by atoms with Gasteiger partial charge >= 0.3 is 0 Å². The van der Waals surface area contributed by atoms with Crippen molar-refractivity contribution in [1.82, 2.24) is 9.88 Å². The summed E-state index contributed by atoms with van der Waals surface area (Å²) in [6, 6.07) is 1.75. The number of hydrogen-bond donors (Lipinski definition) is 3. The van der Waals surface area contributed by atoms with Gasteiger partial charge in [0.05, 0.1) is 5.69 Å². The third-order valence-corrected chi connectivity index (χ3v) is 2.79. The summed E-state index contributed by atoms with van der Waals surface area (Å²) in [6.07, 6.45) is 4.21. The van der Waals surface area contributed by atoms with Gasteiger partial charge in [0, 0.05) is 25.4 Å². The summed E-state index contributed by atoms with van der Waals surface area (Å²) in [7, 11) is 0. The van der Waals surface area contributed by atoms with Crippen molar-refractivity contribution in [2.75, 3.05) is 12.3 Å². The van der Waals surface area contributed by atoms with Crippen molar-refractivity contribution in [2.24, 2.45) is 0 Å². The average Bonchev–Trinajstić information content (AvgIpc) is 2.68. The number of nitrogens with one attached hydrogen (secondary N) is 1. The Morgan fingerprint density at radius 3 is 2.94 bits per heavy atom. The quantitative estimate of drug-likeness (QED) is 0.686. The lowest BCUT2D eigenvalue weighted by molar-refractivity contribution is 0.0927. The molecule has 0 saturated heterocycles. The molecule has 1 unspecified atom stereocenters. The van der Waals surface area contributed by atoms with Crippen LogP contribution >= 0.6 is 0 Å². The summed E-state index contributed by atoms with van der Waals surface area (Å²) in [5, 5.41) is 11.7. The second-order valence-corrected chi connectivity index (χ2v) is 4.59. The Balaban J connectivity index is 2.65. The van der Waals surface area contributed by atoms with E-state index in [-0.39, 0.29) is 18.6 Å². The monoisotopic (exact) mass is 253 g/mol. The fourth-order valence-electron chi connectivity index (χ4n) is 1.92. The number of hydrogen-bond acceptors (Lipinski definition) is 3. The molecule has 1 heterocycles. The Hall–Kier alpha value is -1.49. The van der Waals surface area contributed by atoms with Crippen LogP contribution in [-0.4, -0.2) is 28.2 Å². The zero-order chi connectivity index (χ0) is 13.5. The predicted octanol–water partition coefficient (Wildman–Crippen LogP) is 1.37. The lowest BCUT2D eigenvalue weighted by Gasteiger charge is -2.14. The average molecular weight is 253 g/mol. The van der Waals surface area contributed by atoms with E-state index in [0.717, 1.165) is 19.4 Å². The van der Waals surface area contributed by atoms with Gasteiger partial charge in [0.25, 0.3) is 5.91 Å². The molecule has 4 N–H and O–H groups in total. The van der Waals surface area contributed by atoms with Crippen LogP contribution in [0.1, 0.15) is 43.6 Å². The highest BCUT2D eigenvalue weighted by Gasteiger charge is 2.14. The Labute approximate surface area is 108 Å². The summed E-state index contributed by atoms with van der Waals surface area (Å²) in [5.41, 5.74) is 6.93. The molecular formula is C13H23N3O2. The number of aryl methyl sites for hydroxylation is 1. The maximum absolute atomic E-state index is 12.1. The van der Waals surface area contributed by atoms with Crippen LogP contribution in [0.4, 0.5) is 5.69 Å². The second kappa shape index (κ2) is 7.06. The minimum absolute atomic E-state index is 0.0517. The van der Waals surface area contributed by atoms with Gasteiger partial charge in [-0.2, -0.15) is 0 Å². The van der Waals surface area contributed by atoms with E-state index in [4.69, 9.17) is 10.8 Å². The van der Waals surface area contributed by atoms with Crippen molar-refractivity contribution in [1.29, 1.82) is 0 Å².